The molecule has 0 aromatic carbocycles. The zero-order valence-corrected chi connectivity index (χ0v) is 5.39. The maximum atomic E-state index is 3.28. The molecule has 1 N–H and O–H groups in total. The molecular formula is C6H12N2. The van der Waals surface area contributed by atoms with Gasteiger partial charge in [0.05, 0.1) is 6.17 Å². The van der Waals surface area contributed by atoms with Crippen molar-refractivity contribution in [3.8, 4) is 0 Å². The molecule has 0 radical (unpaired) electrons. The van der Waals surface area contributed by atoms with Gasteiger partial charge in [-0.1, -0.05) is 0 Å². The first-order valence-corrected chi connectivity index (χ1v) is 3.31. The summed E-state index contributed by atoms with van der Waals surface area (Å²) in [6.45, 7) is 5.78. The van der Waals surface area contributed by atoms with Crippen molar-refractivity contribution in [1.29, 1.82) is 0 Å². The van der Waals surface area contributed by atoms with Crippen LogP contribution in [0, 0.1) is 0 Å². The molecule has 0 aromatic heterocycles. The molecule has 3 unspecified atom stereocenters. The smallest absolute Gasteiger partial charge is 0.0733 e. The molecule has 2 aliphatic rings. The van der Waals surface area contributed by atoms with Gasteiger partial charge in [-0.15, -0.1) is 0 Å². The van der Waals surface area contributed by atoms with Crippen molar-refractivity contribution in [2.75, 3.05) is 6.54 Å². The Morgan fingerprint density at radius 1 is 1.38 bits per heavy atom. The third-order valence-electron chi connectivity index (χ3n) is 2.30. The summed E-state index contributed by atoms with van der Waals surface area (Å²) in [6.07, 6.45) is 0.750. The lowest BCUT2D eigenvalue weighted by atomic mass is 10.4. The van der Waals surface area contributed by atoms with Gasteiger partial charge in [-0.25, -0.2) is 0 Å². The first-order chi connectivity index (χ1) is 3.80. The summed E-state index contributed by atoms with van der Waals surface area (Å²) in [7, 11) is 0. The Labute approximate surface area is 49.9 Å². The maximum Gasteiger partial charge on any atom is 0.0733 e. The van der Waals surface area contributed by atoms with Crippen LogP contribution in [0.1, 0.15) is 13.8 Å². The number of nitrogens with zero attached hydrogens (tertiary/aromatic N) is 1. The SMILES string of the molecule is CC1C(C)N1C1CN1. The highest BCUT2D eigenvalue weighted by Gasteiger charge is 2.48. The molecule has 0 saturated carbocycles. The van der Waals surface area contributed by atoms with E-state index in [0.717, 1.165) is 18.2 Å². The highest BCUT2D eigenvalue weighted by atomic mass is 15.5. The van der Waals surface area contributed by atoms with Crippen LogP contribution in [0.5, 0.6) is 0 Å². The summed E-state index contributed by atoms with van der Waals surface area (Å²) in [5, 5.41) is 3.28. The minimum Gasteiger partial charge on any atom is -0.298 e. The minimum atomic E-state index is 0.750. The van der Waals surface area contributed by atoms with Gasteiger partial charge in [0.1, 0.15) is 0 Å². The van der Waals surface area contributed by atoms with Crippen LogP contribution in [-0.4, -0.2) is 29.7 Å². The molecule has 0 amide bonds. The van der Waals surface area contributed by atoms with Crippen molar-refractivity contribution in [3.63, 3.8) is 0 Å². The van der Waals surface area contributed by atoms with E-state index in [4.69, 9.17) is 0 Å². The summed E-state index contributed by atoms with van der Waals surface area (Å²) in [6, 6.07) is 1.69. The van der Waals surface area contributed by atoms with Crippen LogP contribution >= 0.6 is 0 Å². The fraction of sp³-hybridized carbons (Fsp3) is 1.00. The minimum absolute atomic E-state index is 0.750. The largest absolute Gasteiger partial charge is 0.298 e. The lowest BCUT2D eigenvalue weighted by Gasteiger charge is -1.91. The second kappa shape index (κ2) is 1.25. The van der Waals surface area contributed by atoms with Gasteiger partial charge in [-0.3, -0.25) is 10.2 Å². The molecule has 2 heteroatoms. The summed E-state index contributed by atoms with van der Waals surface area (Å²) in [5.74, 6) is 0. The highest BCUT2D eigenvalue weighted by molar-refractivity contribution is 5.04. The number of hydrogen-bond acceptors (Lipinski definition) is 2. The van der Waals surface area contributed by atoms with Crippen molar-refractivity contribution < 1.29 is 0 Å². The third-order valence-corrected chi connectivity index (χ3v) is 2.30. The van der Waals surface area contributed by atoms with Crippen LogP contribution in [0.4, 0.5) is 0 Å². The molecule has 0 spiro atoms. The molecular weight excluding hydrogens is 100 g/mol. The van der Waals surface area contributed by atoms with Crippen LogP contribution in [0.25, 0.3) is 0 Å². The van der Waals surface area contributed by atoms with Gasteiger partial charge in [0.15, 0.2) is 0 Å². The van der Waals surface area contributed by atoms with Gasteiger partial charge in [-0.05, 0) is 13.8 Å². The third kappa shape index (κ3) is 0.501. The molecule has 2 aliphatic heterocycles. The zero-order valence-electron chi connectivity index (χ0n) is 5.39. The van der Waals surface area contributed by atoms with Crippen molar-refractivity contribution in [2.24, 2.45) is 0 Å². The van der Waals surface area contributed by atoms with E-state index in [0.29, 0.717) is 0 Å². The second-order valence-corrected chi connectivity index (χ2v) is 2.85. The van der Waals surface area contributed by atoms with Crippen LogP contribution in [0.15, 0.2) is 0 Å². The lowest BCUT2D eigenvalue weighted by Crippen LogP contribution is -2.07. The fourth-order valence-corrected chi connectivity index (χ4v) is 1.36. The molecule has 0 aliphatic carbocycles. The monoisotopic (exact) mass is 112 g/mol. The normalized spacial score (nSPS) is 60.8. The van der Waals surface area contributed by atoms with Gasteiger partial charge in [0.2, 0.25) is 0 Å². The van der Waals surface area contributed by atoms with E-state index in [1.165, 1.54) is 6.54 Å². The van der Waals surface area contributed by atoms with Crippen LogP contribution in [-0.2, 0) is 0 Å². The Morgan fingerprint density at radius 2 is 1.88 bits per heavy atom. The zero-order chi connectivity index (χ0) is 5.72. The van der Waals surface area contributed by atoms with E-state index in [2.05, 4.69) is 24.1 Å². The molecule has 0 aromatic rings. The van der Waals surface area contributed by atoms with E-state index >= 15 is 0 Å². The van der Waals surface area contributed by atoms with E-state index in [1.54, 1.807) is 0 Å². The fourth-order valence-electron chi connectivity index (χ4n) is 1.36. The van der Waals surface area contributed by atoms with Crippen LogP contribution in [0.2, 0.25) is 0 Å². The van der Waals surface area contributed by atoms with Gasteiger partial charge in [-0.2, -0.15) is 0 Å². The van der Waals surface area contributed by atoms with E-state index < -0.39 is 0 Å². The average molecular weight is 112 g/mol. The molecule has 2 heterocycles. The molecule has 2 fully saturated rings. The van der Waals surface area contributed by atoms with Gasteiger partial charge in [0, 0.05) is 18.6 Å². The summed E-state index contributed by atoms with van der Waals surface area (Å²) in [4.78, 5) is 2.50. The summed E-state index contributed by atoms with van der Waals surface area (Å²) >= 11 is 0. The molecule has 46 valence electrons. The van der Waals surface area contributed by atoms with E-state index in [1.807, 2.05) is 0 Å². The van der Waals surface area contributed by atoms with Crippen LogP contribution in [0.3, 0.4) is 0 Å². The quantitative estimate of drug-likeness (QED) is 0.483. The highest BCUT2D eigenvalue weighted by Crippen LogP contribution is 2.31. The Hall–Kier alpha value is -0.0800. The van der Waals surface area contributed by atoms with E-state index in [-0.39, 0.29) is 0 Å². The molecule has 0 bridgehead atoms. The lowest BCUT2D eigenvalue weighted by molar-refractivity contribution is 0.477. The summed E-state index contributed by atoms with van der Waals surface area (Å²) in [5.41, 5.74) is 0. The predicted octanol–water partition coefficient (Wildman–Crippen LogP) is 0.00830. The maximum absolute atomic E-state index is 3.28. The first kappa shape index (κ1) is 4.77. The Morgan fingerprint density at radius 3 is 2.00 bits per heavy atom. The van der Waals surface area contributed by atoms with Crippen molar-refractivity contribution in [2.45, 2.75) is 32.1 Å². The van der Waals surface area contributed by atoms with E-state index in [9.17, 15) is 0 Å². The second-order valence-electron chi connectivity index (χ2n) is 2.85. The predicted molar refractivity (Wildman–Crippen MR) is 32.6 cm³/mol. The van der Waals surface area contributed by atoms with Crippen LogP contribution < -0.4 is 5.32 Å². The molecule has 2 saturated heterocycles. The molecule has 8 heavy (non-hydrogen) atoms. The molecule has 3 atom stereocenters. The Bertz CT molecular complexity index is 98.3. The van der Waals surface area contributed by atoms with Gasteiger partial charge < -0.3 is 0 Å². The standard InChI is InChI=1S/C6H12N2/c1-4-5(2)8(4)6-3-7-6/h4-7H,3H2,1-2H3. The number of rotatable bonds is 1. The van der Waals surface area contributed by atoms with Crippen molar-refractivity contribution >= 4 is 0 Å². The Kier molecular flexibility index (Phi) is 0.746. The Balaban J connectivity index is 1.92. The van der Waals surface area contributed by atoms with Gasteiger partial charge in [0.25, 0.3) is 0 Å². The average Bonchev–Trinajstić information content (AvgIpc) is 2.52. The van der Waals surface area contributed by atoms with Crippen molar-refractivity contribution in [3.05, 3.63) is 0 Å². The number of nitrogens with one attached hydrogen (secondary N) is 1. The topological polar surface area (TPSA) is 25.0 Å². The summed E-state index contributed by atoms with van der Waals surface area (Å²) < 4.78 is 0. The number of hydrogen-bond donors (Lipinski definition) is 1. The molecule has 2 rings (SSSR count). The van der Waals surface area contributed by atoms with Crippen molar-refractivity contribution in [1.82, 2.24) is 10.2 Å². The molecule has 2 nitrogen and oxygen atoms in total. The first-order valence-electron chi connectivity index (χ1n) is 3.31. The van der Waals surface area contributed by atoms with Gasteiger partial charge >= 0.3 is 0 Å².